The highest BCUT2D eigenvalue weighted by Crippen LogP contribution is 2.39. The fourth-order valence-corrected chi connectivity index (χ4v) is 3.23. The summed E-state index contributed by atoms with van der Waals surface area (Å²) in [7, 11) is 1.55. The van der Waals surface area contributed by atoms with Gasteiger partial charge in [0.1, 0.15) is 19.0 Å². The van der Waals surface area contributed by atoms with Crippen LogP contribution >= 0.6 is 0 Å². The van der Waals surface area contributed by atoms with Crippen LogP contribution in [0.2, 0.25) is 0 Å². The molecule has 0 spiro atoms. The van der Waals surface area contributed by atoms with E-state index in [1.54, 1.807) is 7.11 Å². The normalized spacial score (nSPS) is 13.7. The lowest BCUT2D eigenvalue weighted by Gasteiger charge is -2.33. The number of benzene rings is 1. The minimum atomic E-state index is 0.000778. The summed E-state index contributed by atoms with van der Waals surface area (Å²) < 4.78 is 10.9. The van der Waals surface area contributed by atoms with E-state index in [1.807, 2.05) is 4.90 Å². The van der Waals surface area contributed by atoms with Crippen LogP contribution in [0.15, 0.2) is 6.07 Å². The van der Waals surface area contributed by atoms with Crippen molar-refractivity contribution >= 4 is 11.6 Å². The number of hydrogen-bond acceptors (Lipinski definition) is 3. The van der Waals surface area contributed by atoms with Crippen molar-refractivity contribution in [1.82, 2.24) is 0 Å². The molecular weight excluding hydrogens is 278 g/mol. The topological polar surface area (TPSA) is 38.8 Å². The number of carbonyl (C=O) groups is 1. The van der Waals surface area contributed by atoms with E-state index in [0.29, 0.717) is 13.2 Å². The van der Waals surface area contributed by atoms with Gasteiger partial charge in [-0.3, -0.25) is 4.79 Å². The van der Waals surface area contributed by atoms with E-state index in [-0.39, 0.29) is 12.5 Å². The highest BCUT2D eigenvalue weighted by Gasteiger charge is 2.27. The van der Waals surface area contributed by atoms with Crippen molar-refractivity contribution in [3.63, 3.8) is 0 Å². The number of methoxy groups -OCH3 is 1. The zero-order valence-electron chi connectivity index (χ0n) is 14.2. The van der Waals surface area contributed by atoms with E-state index in [0.717, 1.165) is 37.1 Å². The lowest BCUT2D eigenvalue weighted by Crippen LogP contribution is -2.40. The molecule has 1 aliphatic rings. The van der Waals surface area contributed by atoms with Gasteiger partial charge in [0.2, 0.25) is 0 Å². The van der Waals surface area contributed by atoms with E-state index in [1.165, 1.54) is 16.7 Å². The van der Waals surface area contributed by atoms with E-state index in [4.69, 9.17) is 9.47 Å². The lowest BCUT2D eigenvalue weighted by atomic mass is 9.92. The average Bonchev–Trinajstić information content (AvgIpc) is 2.51. The van der Waals surface area contributed by atoms with Crippen LogP contribution in [0.25, 0.3) is 0 Å². The van der Waals surface area contributed by atoms with Crippen LogP contribution in [-0.4, -0.2) is 32.8 Å². The molecule has 0 unspecified atom stereocenters. The Morgan fingerprint density at radius 2 is 2.05 bits per heavy atom. The van der Waals surface area contributed by atoms with Crippen molar-refractivity contribution in [3.05, 3.63) is 22.8 Å². The molecule has 1 aliphatic heterocycles. The van der Waals surface area contributed by atoms with Crippen LogP contribution in [0.1, 0.15) is 43.4 Å². The summed E-state index contributed by atoms with van der Waals surface area (Å²) in [5.74, 6) is 0.845. The van der Waals surface area contributed by atoms with Crippen molar-refractivity contribution in [2.45, 2.75) is 46.5 Å². The summed E-state index contributed by atoms with van der Waals surface area (Å²) in [6.45, 7) is 7.75. The van der Waals surface area contributed by atoms with Crippen LogP contribution in [0, 0.1) is 6.92 Å². The number of carbonyl (C=O) groups excluding carboxylic acids is 1. The maximum Gasteiger partial charge on any atom is 0.253 e. The molecule has 0 aliphatic carbocycles. The molecule has 0 saturated heterocycles. The zero-order valence-corrected chi connectivity index (χ0v) is 14.2. The summed E-state index contributed by atoms with van der Waals surface area (Å²) in [4.78, 5) is 14.2. The molecule has 0 radical (unpaired) electrons. The first-order chi connectivity index (χ1) is 10.6. The number of aryl methyl sites for hydroxylation is 1. The van der Waals surface area contributed by atoms with Gasteiger partial charge in [0, 0.05) is 7.11 Å². The third-order valence-corrected chi connectivity index (χ3v) is 4.16. The number of fused-ring (bicyclic) bond motifs is 1. The minimum absolute atomic E-state index is 0.000778. The summed E-state index contributed by atoms with van der Waals surface area (Å²) >= 11 is 0. The predicted molar refractivity (Wildman–Crippen MR) is 88.9 cm³/mol. The number of amides is 1. The molecule has 4 heteroatoms. The van der Waals surface area contributed by atoms with Gasteiger partial charge < -0.3 is 14.4 Å². The Hall–Kier alpha value is -1.55. The number of ether oxygens (including phenoxy) is 2. The Morgan fingerprint density at radius 1 is 1.32 bits per heavy atom. The number of rotatable bonds is 6. The fourth-order valence-electron chi connectivity index (χ4n) is 3.23. The van der Waals surface area contributed by atoms with Gasteiger partial charge in [-0.2, -0.15) is 0 Å². The molecule has 4 nitrogen and oxygen atoms in total. The van der Waals surface area contributed by atoms with Gasteiger partial charge in [0.15, 0.2) is 0 Å². The average molecular weight is 305 g/mol. The molecular formula is C18H27NO3. The smallest absolute Gasteiger partial charge is 0.253 e. The highest BCUT2D eigenvalue weighted by atomic mass is 16.5. The first-order valence-corrected chi connectivity index (χ1v) is 8.21. The molecule has 22 heavy (non-hydrogen) atoms. The Morgan fingerprint density at radius 3 is 2.68 bits per heavy atom. The van der Waals surface area contributed by atoms with Gasteiger partial charge in [-0.1, -0.05) is 26.7 Å². The first kappa shape index (κ1) is 16.8. The van der Waals surface area contributed by atoms with Gasteiger partial charge in [-0.15, -0.1) is 0 Å². The Balaban J connectivity index is 2.50. The van der Waals surface area contributed by atoms with Crippen molar-refractivity contribution < 1.29 is 14.3 Å². The van der Waals surface area contributed by atoms with Gasteiger partial charge in [0.05, 0.1) is 12.2 Å². The van der Waals surface area contributed by atoms with E-state index < -0.39 is 0 Å². The van der Waals surface area contributed by atoms with Crippen LogP contribution in [-0.2, 0) is 22.4 Å². The fraction of sp³-hybridized carbons (Fsp3) is 0.611. The van der Waals surface area contributed by atoms with Gasteiger partial charge in [-0.25, -0.2) is 0 Å². The maximum atomic E-state index is 12.3. The van der Waals surface area contributed by atoms with E-state index >= 15 is 0 Å². The molecule has 1 heterocycles. The molecule has 1 amide bonds. The molecule has 1 aromatic rings. The SMILES string of the molecule is CCCc1cc2c(c(C)c1CCC)N(C(=O)COC)CCO2. The third-order valence-electron chi connectivity index (χ3n) is 4.16. The second-order valence-corrected chi connectivity index (χ2v) is 5.81. The summed E-state index contributed by atoms with van der Waals surface area (Å²) in [5, 5.41) is 0. The largest absolute Gasteiger partial charge is 0.490 e. The van der Waals surface area contributed by atoms with Crippen molar-refractivity contribution in [2.75, 3.05) is 31.8 Å². The van der Waals surface area contributed by atoms with E-state index in [2.05, 4.69) is 26.8 Å². The van der Waals surface area contributed by atoms with Crippen LogP contribution in [0.3, 0.4) is 0 Å². The Bertz CT molecular complexity index is 540. The van der Waals surface area contributed by atoms with Crippen molar-refractivity contribution in [3.8, 4) is 5.75 Å². The monoisotopic (exact) mass is 305 g/mol. The number of hydrogen-bond donors (Lipinski definition) is 0. The summed E-state index contributed by atoms with van der Waals surface area (Å²) in [6, 6.07) is 2.14. The van der Waals surface area contributed by atoms with Gasteiger partial charge in [-0.05, 0) is 42.5 Å². The molecule has 0 bridgehead atoms. The van der Waals surface area contributed by atoms with Crippen LogP contribution in [0.4, 0.5) is 5.69 Å². The maximum absolute atomic E-state index is 12.3. The quantitative estimate of drug-likeness (QED) is 0.809. The van der Waals surface area contributed by atoms with Crippen molar-refractivity contribution in [1.29, 1.82) is 0 Å². The summed E-state index contributed by atoms with van der Waals surface area (Å²) in [6.07, 6.45) is 4.31. The molecule has 0 N–H and O–H groups in total. The molecule has 0 saturated carbocycles. The third kappa shape index (κ3) is 3.27. The molecule has 0 atom stereocenters. The number of anilines is 1. The summed E-state index contributed by atoms with van der Waals surface area (Å²) in [5.41, 5.74) is 4.87. The van der Waals surface area contributed by atoms with Crippen molar-refractivity contribution in [2.24, 2.45) is 0 Å². The van der Waals surface area contributed by atoms with E-state index in [9.17, 15) is 4.79 Å². The molecule has 2 rings (SSSR count). The molecule has 0 aromatic heterocycles. The van der Waals surface area contributed by atoms with Crippen LogP contribution in [0.5, 0.6) is 5.75 Å². The molecule has 0 fully saturated rings. The number of nitrogens with zero attached hydrogens (tertiary/aromatic N) is 1. The second-order valence-electron chi connectivity index (χ2n) is 5.81. The first-order valence-electron chi connectivity index (χ1n) is 8.21. The zero-order chi connectivity index (χ0) is 16.1. The Labute approximate surface area is 133 Å². The lowest BCUT2D eigenvalue weighted by molar-refractivity contribution is -0.122. The highest BCUT2D eigenvalue weighted by molar-refractivity contribution is 5.97. The Kier molecular flexibility index (Phi) is 5.83. The molecule has 122 valence electrons. The molecule has 1 aromatic carbocycles. The standard InChI is InChI=1S/C18H27NO3/c1-5-7-14-11-16-18(13(3)15(14)8-6-2)19(9-10-22-16)17(20)12-21-4/h11H,5-10,12H2,1-4H3. The van der Waals surface area contributed by atoms with Gasteiger partial charge >= 0.3 is 0 Å². The second kappa shape index (κ2) is 7.63. The predicted octanol–water partition coefficient (Wildman–Crippen LogP) is 3.27. The minimum Gasteiger partial charge on any atom is -0.490 e. The van der Waals surface area contributed by atoms with Crippen LogP contribution < -0.4 is 9.64 Å². The van der Waals surface area contributed by atoms with Gasteiger partial charge in [0.25, 0.3) is 5.91 Å².